The quantitative estimate of drug-likeness (QED) is 0.663. The summed E-state index contributed by atoms with van der Waals surface area (Å²) in [6.07, 6.45) is 0. The zero-order chi connectivity index (χ0) is 10.1. The Balaban J connectivity index is 3.24. The second kappa shape index (κ2) is 3.32. The molecule has 1 heterocycles. The van der Waals surface area contributed by atoms with Crippen LogP contribution in [0.5, 0.6) is 5.88 Å². The molecule has 0 aromatic carbocycles. The van der Waals surface area contributed by atoms with Crippen molar-refractivity contribution in [3.63, 3.8) is 0 Å². The smallest absolute Gasteiger partial charge is 0.236 e. The molecule has 0 bridgehead atoms. The number of ether oxygens (including phenoxy) is 1. The third-order valence-corrected chi connectivity index (χ3v) is 1.88. The molecule has 13 heavy (non-hydrogen) atoms. The van der Waals surface area contributed by atoms with Crippen molar-refractivity contribution in [2.24, 2.45) is 0 Å². The van der Waals surface area contributed by atoms with Crippen LogP contribution in [0.4, 0.5) is 0 Å². The second-order valence-corrected chi connectivity index (χ2v) is 4.16. The van der Waals surface area contributed by atoms with Crippen molar-refractivity contribution in [3.05, 3.63) is 17.3 Å². The number of methoxy groups -OCH3 is 1. The lowest BCUT2D eigenvalue weighted by molar-refractivity contribution is 0.374. The molecule has 3 nitrogen and oxygen atoms in total. The van der Waals surface area contributed by atoms with Crippen molar-refractivity contribution in [2.75, 3.05) is 7.11 Å². The highest BCUT2D eigenvalue weighted by Crippen LogP contribution is 2.28. The molecule has 0 spiro atoms. The third kappa shape index (κ3) is 2.17. The van der Waals surface area contributed by atoms with E-state index in [2.05, 4.69) is 31.0 Å². The van der Waals surface area contributed by atoms with Gasteiger partial charge in [-0.2, -0.15) is 5.10 Å². The van der Waals surface area contributed by atoms with Gasteiger partial charge in [-0.25, -0.2) is 0 Å². The van der Waals surface area contributed by atoms with E-state index in [4.69, 9.17) is 4.74 Å². The Morgan fingerprint density at radius 2 is 1.85 bits per heavy atom. The Bertz CT molecular complexity index is 302. The average molecular weight is 180 g/mol. The van der Waals surface area contributed by atoms with E-state index >= 15 is 0 Å². The maximum Gasteiger partial charge on any atom is 0.236 e. The van der Waals surface area contributed by atoms with Gasteiger partial charge in [-0.1, -0.05) is 20.8 Å². The van der Waals surface area contributed by atoms with E-state index in [1.807, 2.05) is 13.0 Å². The molecule has 3 heteroatoms. The Kier molecular flexibility index (Phi) is 2.55. The minimum absolute atomic E-state index is 0.0477. The Morgan fingerprint density at radius 1 is 1.23 bits per heavy atom. The summed E-state index contributed by atoms with van der Waals surface area (Å²) in [7, 11) is 1.62. The molecular formula is C10H16N2O. The maximum absolute atomic E-state index is 5.15. The summed E-state index contributed by atoms with van der Waals surface area (Å²) in [5.41, 5.74) is 2.07. The van der Waals surface area contributed by atoms with Gasteiger partial charge in [0.1, 0.15) is 0 Å². The fourth-order valence-corrected chi connectivity index (χ4v) is 1.17. The highest BCUT2D eigenvalue weighted by Gasteiger charge is 2.20. The Labute approximate surface area is 79.1 Å². The van der Waals surface area contributed by atoms with Crippen molar-refractivity contribution < 1.29 is 4.74 Å². The van der Waals surface area contributed by atoms with Crippen LogP contribution in [0.15, 0.2) is 6.07 Å². The molecule has 1 rings (SSSR count). The first kappa shape index (κ1) is 9.96. The molecule has 0 aliphatic rings. The van der Waals surface area contributed by atoms with E-state index in [1.54, 1.807) is 7.11 Å². The first-order chi connectivity index (χ1) is 5.95. The fourth-order valence-electron chi connectivity index (χ4n) is 1.17. The molecule has 0 atom stereocenters. The number of rotatable bonds is 1. The maximum atomic E-state index is 5.15. The lowest BCUT2D eigenvalue weighted by Gasteiger charge is -2.20. The van der Waals surface area contributed by atoms with Crippen LogP contribution >= 0.6 is 0 Å². The first-order valence-corrected chi connectivity index (χ1v) is 4.34. The molecule has 0 saturated heterocycles. The van der Waals surface area contributed by atoms with Gasteiger partial charge in [0.15, 0.2) is 0 Å². The summed E-state index contributed by atoms with van der Waals surface area (Å²) in [4.78, 5) is 0. The third-order valence-electron chi connectivity index (χ3n) is 1.88. The molecule has 0 radical (unpaired) electrons. The summed E-state index contributed by atoms with van der Waals surface area (Å²) in [5, 5.41) is 7.94. The fraction of sp³-hybridized carbons (Fsp3) is 0.600. The number of hydrogen-bond donors (Lipinski definition) is 0. The summed E-state index contributed by atoms with van der Waals surface area (Å²) >= 11 is 0. The summed E-state index contributed by atoms with van der Waals surface area (Å²) in [6.45, 7) is 8.32. The van der Waals surface area contributed by atoms with Crippen molar-refractivity contribution in [1.82, 2.24) is 10.2 Å². The van der Waals surface area contributed by atoms with Crippen LogP contribution in [0.3, 0.4) is 0 Å². The predicted molar refractivity (Wildman–Crippen MR) is 52.0 cm³/mol. The monoisotopic (exact) mass is 180 g/mol. The van der Waals surface area contributed by atoms with Crippen LogP contribution < -0.4 is 4.74 Å². The highest BCUT2D eigenvalue weighted by molar-refractivity contribution is 5.32. The van der Waals surface area contributed by atoms with Gasteiger partial charge in [-0.3, -0.25) is 0 Å². The molecular weight excluding hydrogens is 164 g/mol. The van der Waals surface area contributed by atoms with E-state index in [0.717, 1.165) is 11.3 Å². The van der Waals surface area contributed by atoms with Crippen LogP contribution in [-0.2, 0) is 5.41 Å². The molecule has 0 aliphatic carbocycles. The lowest BCUT2D eigenvalue weighted by atomic mass is 9.88. The van der Waals surface area contributed by atoms with Crippen molar-refractivity contribution in [2.45, 2.75) is 33.1 Å². The van der Waals surface area contributed by atoms with Crippen LogP contribution in [0.1, 0.15) is 32.0 Å². The molecule has 0 aliphatic heterocycles. The van der Waals surface area contributed by atoms with E-state index in [-0.39, 0.29) is 5.41 Å². The van der Waals surface area contributed by atoms with Gasteiger partial charge >= 0.3 is 0 Å². The average Bonchev–Trinajstić information content (AvgIpc) is 2.03. The van der Waals surface area contributed by atoms with E-state index < -0.39 is 0 Å². The van der Waals surface area contributed by atoms with Crippen molar-refractivity contribution in [3.8, 4) is 5.88 Å². The van der Waals surface area contributed by atoms with Gasteiger partial charge in [0.05, 0.1) is 12.8 Å². The number of hydrogen-bond acceptors (Lipinski definition) is 3. The van der Waals surface area contributed by atoms with Gasteiger partial charge in [-0.05, 0) is 18.4 Å². The predicted octanol–water partition coefficient (Wildman–Crippen LogP) is 2.09. The molecule has 1 aromatic rings. The summed E-state index contributed by atoms with van der Waals surface area (Å²) in [5.74, 6) is 0.623. The number of aryl methyl sites for hydroxylation is 1. The summed E-state index contributed by atoms with van der Waals surface area (Å²) < 4.78 is 5.15. The van der Waals surface area contributed by atoms with Gasteiger partial charge in [0.2, 0.25) is 5.88 Å². The molecule has 72 valence electrons. The molecule has 0 unspecified atom stereocenters. The van der Waals surface area contributed by atoms with Crippen LogP contribution in [0.2, 0.25) is 0 Å². The standard InChI is InChI=1S/C10H16N2O/c1-7-6-8(10(2,3)4)9(13-5)12-11-7/h6H,1-5H3. The van der Waals surface area contributed by atoms with Gasteiger partial charge in [0, 0.05) is 5.56 Å². The van der Waals surface area contributed by atoms with Gasteiger partial charge in [-0.15, -0.1) is 5.10 Å². The van der Waals surface area contributed by atoms with E-state index in [0.29, 0.717) is 5.88 Å². The van der Waals surface area contributed by atoms with E-state index in [1.165, 1.54) is 0 Å². The Hall–Kier alpha value is -1.12. The second-order valence-electron chi connectivity index (χ2n) is 4.16. The molecule has 0 fully saturated rings. The van der Waals surface area contributed by atoms with Crippen LogP contribution in [-0.4, -0.2) is 17.3 Å². The largest absolute Gasteiger partial charge is 0.480 e. The minimum atomic E-state index is 0.0477. The SMILES string of the molecule is COc1nnc(C)cc1C(C)(C)C. The zero-order valence-electron chi connectivity index (χ0n) is 8.88. The minimum Gasteiger partial charge on any atom is -0.480 e. The molecule has 0 amide bonds. The number of aromatic nitrogens is 2. The lowest BCUT2D eigenvalue weighted by Crippen LogP contribution is -2.14. The van der Waals surface area contributed by atoms with Gasteiger partial charge < -0.3 is 4.74 Å². The summed E-state index contributed by atoms with van der Waals surface area (Å²) in [6, 6.07) is 2.02. The van der Waals surface area contributed by atoms with Crippen molar-refractivity contribution in [1.29, 1.82) is 0 Å². The first-order valence-electron chi connectivity index (χ1n) is 4.34. The number of nitrogens with zero attached hydrogens (tertiary/aromatic N) is 2. The van der Waals surface area contributed by atoms with Gasteiger partial charge in [0.25, 0.3) is 0 Å². The normalized spacial score (nSPS) is 11.5. The molecule has 0 saturated carbocycles. The zero-order valence-corrected chi connectivity index (χ0v) is 8.88. The molecule has 1 aromatic heterocycles. The van der Waals surface area contributed by atoms with Crippen LogP contribution in [0.25, 0.3) is 0 Å². The van der Waals surface area contributed by atoms with E-state index in [9.17, 15) is 0 Å². The van der Waals surface area contributed by atoms with Crippen LogP contribution in [0, 0.1) is 6.92 Å². The molecule has 0 N–H and O–H groups in total. The Morgan fingerprint density at radius 3 is 2.31 bits per heavy atom. The van der Waals surface area contributed by atoms with Crippen molar-refractivity contribution >= 4 is 0 Å². The topological polar surface area (TPSA) is 35.0 Å². The highest BCUT2D eigenvalue weighted by atomic mass is 16.5.